The summed E-state index contributed by atoms with van der Waals surface area (Å²) in [6.45, 7) is 1.93. The minimum absolute atomic E-state index is 0.000585. The maximum Gasteiger partial charge on any atom is 0.269 e. The Labute approximate surface area is 200 Å². The molecule has 1 fully saturated rings. The average molecular weight is 485 g/mol. The van der Waals surface area contributed by atoms with E-state index in [4.69, 9.17) is 11.6 Å². The summed E-state index contributed by atoms with van der Waals surface area (Å²) >= 11 is 7.29. The number of fused-ring (bicyclic) bond motifs is 1. The number of aromatic nitrogens is 2. The van der Waals surface area contributed by atoms with Crippen molar-refractivity contribution in [3.05, 3.63) is 69.0 Å². The molecule has 0 aliphatic heterocycles. The van der Waals surface area contributed by atoms with Gasteiger partial charge in [-0.3, -0.25) is 29.8 Å². The Morgan fingerprint density at radius 2 is 1.82 bits per heavy atom. The summed E-state index contributed by atoms with van der Waals surface area (Å²) in [5, 5.41) is 1.50. The quantitative estimate of drug-likeness (QED) is 0.318. The molecule has 1 heterocycles. The first-order valence-electron chi connectivity index (χ1n) is 10.9. The van der Waals surface area contributed by atoms with Crippen LogP contribution in [0.4, 0.5) is 0 Å². The van der Waals surface area contributed by atoms with Gasteiger partial charge in [-0.25, -0.2) is 4.98 Å². The van der Waals surface area contributed by atoms with Crippen molar-refractivity contribution in [1.29, 1.82) is 0 Å². The van der Waals surface area contributed by atoms with E-state index in [2.05, 4.69) is 15.8 Å². The van der Waals surface area contributed by atoms with Crippen molar-refractivity contribution >= 4 is 46.1 Å². The summed E-state index contributed by atoms with van der Waals surface area (Å²) in [5.41, 5.74) is 6.74. The number of benzene rings is 2. The number of hydrogen-bond acceptors (Lipinski definition) is 5. The zero-order valence-electron chi connectivity index (χ0n) is 18.3. The molecule has 33 heavy (non-hydrogen) atoms. The Bertz CT molecular complexity index is 1240. The molecular weight excluding hydrogens is 460 g/mol. The van der Waals surface area contributed by atoms with Crippen LogP contribution in [0.5, 0.6) is 0 Å². The van der Waals surface area contributed by atoms with E-state index < -0.39 is 11.8 Å². The zero-order valence-corrected chi connectivity index (χ0v) is 19.8. The summed E-state index contributed by atoms with van der Waals surface area (Å²) in [6, 6.07) is 12.2. The SMILES string of the molecule is Cc1ccc(C(=O)NNC(=O)CSc2nc3cc(Cl)ccc3c(=O)n2C2CCCCC2)cc1. The van der Waals surface area contributed by atoms with Crippen LogP contribution in [-0.4, -0.2) is 27.1 Å². The molecule has 0 saturated heterocycles. The van der Waals surface area contributed by atoms with Crippen LogP contribution >= 0.6 is 23.4 Å². The Hall–Kier alpha value is -2.84. The molecule has 0 radical (unpaired) electrons. The number of carbonyl (C=O) groups is 2. The van der Waals surface area contributed by atoms with E-state index in [-0.39, 0.29) is 17.4 Å². The van der Waals surface area contributed by atoms with Crippen LogP contribution in [0.1, 0.15) is 54.1 Å². The fourth-order valence-electron chi connectivity index (χ4n) is 3.98. The smallest absolute Gasteiger partial charge is 0.269 e. The third-order valence-electron chi connectivity index (χ3n) is 5.73. The van der Waals surface area contributed by atoms with Crippen LogP contribution in [0.25, 0.3) is 10.9 Å². The van der Waals surface area contributed by atoms with Gasteiger partial charge in [0.1, 0.15) is 0 Å². The average Bonchev–Trinajstić information content (AvgIpc) is 2.82. The number of thioether (sulfide) groups is 1. The van der Waals surface area contributed by atoms with Gasteiger partial charge in [-0.2, -0.15) is 0 Å². The maximum absolute atomic E-state index is 13.3. The second-order valence-corrected chi connectivity index (χ2v) is 9.56. The highest BCUT2D eigenvalue weighted by molar-refractivity contribution is 7.99. The number of nitrogens with zero attached hydrogens (tertiary/aromatic N) is 2. The van der Waals surface area contributed by atoms with Gasteiger partial charge in [0, 0.05) is 16.6 Å². The first kappa shape index (κ1) is 23.3. The molecule has 0 bridgehead atoms. The van der Waals surface area contributed by atoms with Gasteiger partial charge in [-0.1, -0.05) is 60.3 Å². The van der Waals surface area contributed by atoms with E-state index in [1.807, 2.05) is 19.1 Å². The number of hydrazine groups is 1. The molecular formula is C24H25ClN4O3S. The monoisotopic (exact) mass is 484 g/mol. The lowest BCUT2D eigenvalue weighted by atomic mass is 9.95. The van der Waals surface area contributed by atoms with E-state index in [0.29, 0.717) is 26.6 Å². The molecule has 1 saturated carbocycles. The van der Waals surface area contributed by atoms with Crippen LogP contribution < -0.4 is 16.4 Å². The summed E-state index contributed by atoms with van der Waals surface area (Å²) in [5.74, 6) is -0.790. The highest BCUT2D eigenvalue weighted by Crippen LogP contribution is 2.31. The second kappa shape index (κ2) is 10.4. The molecule has 9 heteroatoms. The molecule has 0 atom stereocenters. The molecule has 3 aromatic rings. The molecule has 172 valence electrons. The van der Waals surface area contributed by atoms with Crippen molar-refractivity contribution in [3.8, 4) is 0 Å². The molecule has 1 aromatic heterocycles. The Kier molecular flexibility index (Phi) is 7.35. The molecule has 7 nitrogen and oxygen atoms in total. The largest absolute Gasteiger partial charge is 0.284 e. The van der Waals surface area contributed by atoms with E-state index >= 15 is 0 Å². The Balaban J connectivity index is 1.49. The summed E-state index contributed by atoms with van der Waals surface area (Å²) in [7, 11) is 0. The molecule has 0 unspecified atom stereocenters. The Morgan fingerprint density at radius 3 is 2.55 bits per heavy atom. The van der Waals surface area contributed by atoms with E-state index in [0.717, 1.165) is 37.7 Å². The Morgan fingerprint density at radius 1 is 1.09 bits per heavy atom. The van der Waals surface area contributed by atoms with Gasteiger partial charge in [0.15, 0.2) is 5.16 Å². The van der Waals surface area contributed by atoms with Crippen LogP contribution in [-0.2, 0) is 4.79 Å². The number of aryl methyl sites for hydroxylation is 1. The lowest BCUT2D eigenvalue weighted by Gasteiger charge is -2.26. The molecule has 0 spiro atoms. The fourth-order valence-corrected chi connectivity index (χ4v) is 5.02. The number of rotatable bonds is 5. The number of amides is 2. The van der Waals surface area contributed by atoms with E-state index in [9.17, 15) is 14.4 Å². The number of carbonyl (C=O) groups excluding carboxylic acids is 2. The summed E-state index contributed by atoms with van der Waals surface area (Å²) < 4.78 is 1.73. The van der Waals surface area contributed by atoms with Crippen molar-refractivity contribution in [2.45, 2.75) is 50.2 Å². The minimum atomic E-state index is -0.397. The van der Waals surface area contributed by atoms with Gasteiger partial charge in [-0.15, -0.1) is 0 Å². The van der Waals surface area contributed by atoms with Gasteiger partial charge >= 0.3 is 0 Å². The van der Waals surface area contributed by atoms with Gasteiger partial charge in [0.05, 0.1) is 16.7 Å². The first-order valence-corrected chi connectivity index (χ1v) is 12.3. The molecule has 2 aromatic carbocycles. The van der Waals surface area contributed by atoms with Gasteiger partial charge < -0.3 is 0 Å². The van der Waals surface area contributed by atoms with Gasteiger partial charge in [0.2, 0.25) is 5.91 Å². The van der Waals surface area contributed by atoms with Crippen molar-refractivity contribution in [2.24, 2.45) is 0 Å². The third-order valence-corrected chi connectivity index (χ3v) is 6.92. The summed E-state index contributed by atoms with van der Waals surface area (Å²) in [4.78, 5) is 42.6. The zero-order chi connectivity index (χ0) is 23.4. The summed E-state index contributed by atoms with van der Waals surface area (Å²) in [6.07, 6.45) is 5.10. The third kappa shape index (κ3) is 5.57. The van der Waals surface area contributed by atoms with Crippen molar-refractivity contribution < 1.29 is 9.59 Å². The van der Waals surface area contributed by atoms with Crippen molar-refractivity contribution in [2.75, 3.05) is 5.75 Å². The van der Waals surface area contributed by atoms with Crippen molar-refractivity contribution in [3.63, 3.8) is 0 Å². The highest BCUT2D eigenvalue weighted by Gasteiger charge is 2.22. The predicted molar refractivity (Wildman–Crippen MR) is 131 cm³/mol. The van der Waals surface area contributed by atoms with Crippen molar-refractivity contribution in [1.82, 2.24) is 20.4 Å². The minimum Gasteiger partial charge on any atom is -0.284 e. The number of nitrogens with one attached hydrogen (secondary N) is 2. The molecule has 2 N–H and O–H groups in total. The van der Waals surface area contributed by atoms with E-state index in [1.165, 1.54) is 11.8 Å². The first-order chi connectivity index (χ1) is 15.9. The maximum atomic E-state index is 13.3. The number of hydrogen-bond donors (Lipinski definition) is 2. The normalized spacial score (nSPS) is 14.2. The lowest BCUT2D eigenvalue weighted by Crippen LogP contribution is -2.42. The molecule has 1 aliphatic rings. The van der Waals surface area contributed by atoms with Gasteiger partial charge in [0.25, 0.3) is 11.5 Å². The van der Waals surface area contributed by atoms with Crippen LogP contribution in [0.2, 0.25) is 5.02 Å². The second-order valence-electron chi connectivity index (χ2n) is 8.18. The van der Waals surface area contributed by atoms with E-state index in [1.54, 1.807) is 34.9 Å². The highest BCUT2D eigenvalue weighted by atomic mass is 35.5. The molecule has 1 aliphatic carbocycles. The standard InChI is InChI=1S/C24H25ClN4O3S/c1-15-7-9-16(10-8-15)22(31)28-27-21(30)14-33-24-26-20-13-17(25)11-12-19(20)23(32)29(24)18-5-3-2-4-6-18/h7-13,18H,2-6,14H2,1H3,(H,27,30)(H,28,31). The number of halogens is 1. The van der Waals surface area contributed by atoms with Crippen LogP contribution in [0, 0.1) is 6.92 Å². The molecule has 2 amide bonds. The lowest BCUT2D eigenvalue weighted by molar-refractivity contribution is -0.119. The van der Waals surface area contributed by atoms with Crippen LogP contribution in [0.3, 0.4) is 0 Å². The topological polar surface area (TPSA) is 93.1 Å². The fraction of sp³-hybridized carbons (Fsp3) is 0.333. The van der Waals surface area contributed by atoms with Gasteiger partial charge in [-0.05, 0) is 50.1 Å². The molecule has 4 rings (SSSR count). The van der Waals surface area contributed by atoms with Crippen LogP contribution in [0.15, 0.2) is 52.4 Å². The predicted octanol–water partition coefficient (Wildman–Crippen LogP) is 4.42.